The summed E-state index contributed by atoms with van der Waals surface area (Å²) in [4.78, 5) is 12.0. The van der Waals surface area contributed by atoms with E-state index < -0.39 is 0 Å². The monoisotopic (exact) mass is 192 g/mol. The van der Waals surface area contributed by atoms with Crippen molar-refractivity contribution in [3.05, 3.63) is 12.2 Å². The van der Waals surface area contributed by atoms with Crippen LogP contribution in [0.2, 0.25) is 0 Å². The summed E-state index contributed by atoms with van der Waals surface area (Å²) in [5.41, 5.74) is 0.214. The van der Waals surface area contributed by atoms with Crippen LogP contribution in [0.5, 0.6) is 0 Å². The number of fused-ring (bicyclic) bond motifs is 2. The molecule has 1 saturated carbocycles. The molecule has 2 rings (SSSR count). The van der Waals surface area contributed by atoms with Crippen molar-refractivity contribution in [2.45, 2.75) is 40.0 Å². The number of hydrogen-bond acceptors (Lipinski definition) is 1. The van der Waals surface area contributed by atoms with E-state index in [2.05, 4.69) is 32.9 Å². The minimum absolute atomic E-state index is 0.214. The van der Waals surface area contributed by atoms with Gasteiger partial charge < -0.3 is 0 Å². The quantitative estimate of drug-likeness (QED) is 0.627. The van der Waals surface area contributed by atoms with Crippen molar-refractivity contribution in [3.63, 3.8) is 0 Å². The summed E-state index contributed by atoms with van der Waals surface area (Å²) in [6, 6.07) is 0. The van der Waals surface area contributed by atoms with Crippen LogP contribution in [0.4, 0.5) is 0 Å². The molecular weight excluding hydrogens is 172 g/mol. The number of carbonyl (C=O) groups excluding carboxylic acids is 1. The third-order valence-electron chi connectivity index (χ3n) is 4.15. The van der Waals surface area contributed by atoms with Gasteiger partial charge in [-0.25, -0.2) is 0 Å². The summed E-state index contributed by atoms with van der Waals surface area (Å²) in [5.74, 6) is 2.00. The molecule has 0 aromatic heterocycles. The lowest BCUT2D eigenvalue weighted by molar-refractivity contribution is -0.126. The van der Waals surface area contributed by atoms with Gasteiger partial charge in [0.2, 0.25) is 0 Å². The first-order valence-electron chi connectivity index (χ1n) is 5.78. The van der Waals surface area contributed by atoms with E-state index in [1.54, 1.807) is 0 Å². The average Bonchev–Trinajstić information content (AvgIpc) is 2.61. The Bertz CT molecular complexity index is 275. The average molecular weight is 192 g/mol. The summed E-state index contributed by atoms with van der Waals surface area (Å²) >= 11 is 0. The molecule has 14 heavy (non-hydrogen) atoms. The zero-order valence-electron chi connectivity index (χ0n) is 9.42. The first-order chi connectivity index (χ1) is 6.57. The lowest BCUT2D eigenvalue weighted by Crippen LogP contribution is -2.34. The number of allylic oxidation sites excluding steroid dienone is 2. The molecule has 0 aliphatic heterocycles. The van der Waals surface area contributed by atoms with Gasteiger partial charge in [0.25, 0.3) is 0 Å². The highest BCUT2D eigenvalue weighted by Gasteiger charge is 2.52. The molecule has 0 heterocycles. The fourth-order valence-corrected chi connectivity index (χ4v) is 3.36. The van der Waals surface area contributed by atoms with Crippen molar-refractivity contribution in [1.82, 2.24) is 0 Å². The summed E-state index contributed by atoms with van der Waals surface area (Å²) in [7, 11) is 0. The molecule has 0 N–H and O–H groups in total. The highest BCUT2D eigenvalue weighted by Crippen LogP contribution is 2.56. The Balaban J connectivity index is 2.19. The molecule has 0 unspecified atom stereocenters. The molecule has 0 amide bonds. The van der Waals surface area contributed by atoms with Crippen LogP contribution in [-0.2, 0) is 4.79 Å². The Morgan fingerprint density at radius 2 is 2.14 bits per heavy atom. The summed E-state index contributed by atoms with van der Waals surface area (Å²) in [6.45, 7) is 6.62. The van der Waals surface area contributed by atoms with Crippen LogP contribution >= 0.6 is 0 Å². The first kappa shape index (κ1) is 9.95. The minimum atomic E-state index is 0.214. The standard InChI is InChI=1S/C13H20O/c1-4-5-11(14)12-9-6-7-10(8-9)13(12,2)3/h6-7,9-10,12H,4-5,8H2,1-3H3/t9-,10+,12-/m1/s1. The first-order valence-corrected chi connectivity index (χ1v) is 5.78. The van der Waals surface area contributed by atoms with E-state index in [4.69, 9.17) is 0 Å². The van der Waals surface area contributed by atoms with Crippen molar-refractivity contribution in [1.29, 1.82) is 0 Å². The summed E-state index contributed by atoms with van der Waals surface area (Å²) in [5, 5.41) is 0. The Morgan fingerprint density at radius 3 is 2.64 bits per heavy atom. The maximum atomic E-state index is 12.0. The molecule has 1 heteroatoms. The second-order valence-corrected chi connectivity index (χ2v) is 5.41. The lowest BCUT2D eigenvalue weighted by atomic mass is 9.69. The molecule has 1 fully saturated rings. The molecule has 0 aromatic rings. The minimum Gasteiger partial charge on any atom is -0.299 e. The molecular formula is C13H20O. The van der Waals surface area contributed by atoms with Gasteiger partial charge in [0.1, 0.15) is 5.78 Å². The molecule has 1 nitrogen and oxygen atoms in total. The van der Waals surface area contributed by atoms with Crippen LogP contribution in [0.1, 0.15) is 40.0 Å². The SMILES string of the molecule is CCCC(=O)[C@H]1[C@@H]2C=C[C@@H](C2)C1(C)C. The largest absolute Gasteiger partial charge is 0.299 e. The topological polar surface area (TPSA) is 17.1 Å². The van der Waals surface area contributed by atoms with Crippen molar-refractivity contribution in [2.75, 3.05) is 0 Å². The van der Waals surface area contributed by atoms with E-state index in [1.807, 2.05) is 0 Å². The van der Waals surface area contributed by atoms with E-state index in [-0.39, 0.29) is 5.41 Å². The summed E-state index contributed by atoms with van der Waals surface area (Å²) < 4.78 is 0. The fraction of sp³-hybridized carbons (Fsp3) is 0.769. The van der Waals surface area contributed by atoms with Gasteiger partial charge in [-0.2, -0.15) is 0 Å². The second-order valence-electron chi connectivity index (χ2n) is 5.41. The van der Waals surface area contributed by atoms with Crippen LogP contribution in [0.3, 0.4) is 0 Å². The van der Waals surface area contributed by atoms with E-state index in [0.29, 0.717) is 23.5 Å². The van der Waals surface area contributed by atoms with Crippen LogP contribution in [0.25, 0.3) is 0 Å². The molecule has 2 aliphatic carbocycles. The van der Waals surface area contributed by atoms with E-state index >= 15 is 0 Å². The highest BCUT2D eigenvalue weighted by molar-refractivity contribution is 5.83. The molecule has 2 aliphatic rings. The molecule has 3 atom stereocenters. The number of Topliss-reactive ketones (excluding diaryl/α,β-unsaturated/α-hetero) is 1. The van der Waals surface area contributed by atoms with Gasteiger partial charge in [0.05, 0.1) is 0 Å². The molecule has 78 valence electrons. The number of carbonyl (C=O) groups is 1. The van der Waals surface area contributed by atoms with Crippen molar-refractivity contribution in [2.24, 2.45) is 23.2 Å². The van der Waals surface area contributed by atoms with E-state index in [9.17, 15) is 4.79 Å². The third-order valence-corrected chi connectivity index (χ3v) is 4.15. The Morgan fingerprint density at radius 1 is 1.43 bits per heavy atom. The van der Waals surface area contributed by atoms with Gasteiger partial charge in [-0.1, -0.05) is 32.9 Å². The Hall–Kier alpha value is -0.590. The predicted molar refractivity (Wildman–Crippen MR) is 57.9 cm³/mol. The normalized spacial score (nSPS) is 37.8. The summed E-state index contributed by atoms with van der Waals surface area (Å²) in [6.07, 6.45) is 7.57. The Labute approximate surface area is 86.6 Å². The third kappa shape index (κ3) is 1.25. The smallest absolute Gasteiger partial charge is 0.137 e. The van der Waals surface area contributed by atoms with Gasteiger partial charge in [-0.15, -0.1) is 0 Å². The molecule has 0 spiro atoms. The van der Waals surface area contributed by atoms with E-state index in [0.717, 1.165) is 12.8 Å². The maximum Gasteiger partial charge on any atom is 0.137 e. The van der Waals surface area contributed by atoms with Gasteiger partial charge in [-0.3, -0.25) is 4.79 Å². The van der Waals surface area contributed by atoms with Crippen LogP contribution < -0.4 is 0 Å². The maximum absolute atomic E-state index is 12.0. The van der Waals surface area contributed by atoms with Crippen LogP contribution in [0.15, 0.2) is 12.2 Å². The number of rotatable bonds is 3. The van der Waals surface area contributed by atoms with Crippen LogP contribution in [-0.4, -0.2) is 5.78 Å². The van der Waals surface area contributed by atoms with Gasteiger partial charge in [0.15, 0.2) is 0 Å². The van der Waals surface area contributed by atoms with Gasteiger partial charge >= 0.3 is 0 Å². The van der Waals surface area contributed by atoms with Crippen molar-refractivity contribution in [3.8, 4) is 0 Å². The zero-order valence-corrected chi connectivity index (χ0v) is 9.42. The Kier molecular flexibility index (Phi) is 2.29. The number of ketones is 1. The molecule has 0 radical (unpaired) electrons. The second kappa shape index (κ2) is 3.22. The number of hydrogen-bond donors (Lipinski definition) is 0. The van der Waals surface area contributed by atoms with Gasteiger partial charge in [-0.05, 0) is 30.1 Å². The van der Waals surface area contributed by atoms with Crippen molar-refractivity contribution < 1.29 is 4.79 Å². The highest BCUT2D eigenvalue weighted by atomic mass is 16.1. The zero-order chi connectivity index (χ0) is 10.3. The lowest BCUT2D eigenvalue weighted by Gasteiger charge is -2.34. The van der Waals surface area contributed by atoms with Crippen LogP contribution in [0, 0.1) is 23.2 Å². The van der Waals surface area contributed by atoms with Gasteiger partial charge in [0, 0.05) is 12.3 Å². The molecule has 0 saturated heterocycles. The van der Waals surface area contributed by atoms with E-state index in [1.165, 1.54) is 6.42 Å². The molecule has 2 bridgehead atoms. The van der Waals surface area contributed by atoms with Crippen molar-refractivity contribution >= 4 is 5.78 Å². The molecule has 0 aromatic carbocycles. The fourth-order valence-electron chi connectivity index (χ4n) is 3.36. The predicted octanol–water partition coefficient (Wildman–Crippen LogP) is 3.20.